The highest BCUT2D eigenvalue weighted by Gasteiger charge is 2.24. The Morgan fingerprint density at radius 3 is 2.75 bits per heavy atom. The number of hydrogen-bond acceptors (Lipinski definition) is 6. The minimum absolute atomic E-state index is 0. The molecule has 1 saturated heterocycles. The molecule has 1 atom stereocenters. The second-order valence-corrected chi connectivity index (χ2v) is 7.84. The minimum Gasteiger partial charge on any atom is -0.497 e. The van der Waals surface area contributed by atoms with E-state index >= 15 is 0 Å². The highest BCUT2D eigenvalue weighted by molar-refractivity contribution is 14.0. The summed E-state index contributed by atoms with van der Waals surface area (Å²) in [7, 11) is 3.43. The number of ether oxygens (including phenoxy) is 2. The van der Waals surface area contributed by atoms with Gasteiger partial charge in [-0.1, -0.05) is 11.6 Å². The number of hydrogen-bond donors (Lipinski definition) is 1. The lowest BCUT2D eigenvalue weighted by Crippen LogP contribution is -2.40. The third kappa shape index (κ3) is 7.91. The number of aliphatic imine (C=N–C) groups is 1. The predicted octanol–water partition coefficient (Wildman–Crippen LogP) is 4.01. The normalized spacial score (nSPS) is 16.2. The van der Waals surface area contributed by atoms with E-state index in [2.05, 4.69) is 27.3 Å². The maximum Gasteiger partial charge on any atom is 0.226 e. The largest absolute Gasteiger partial charge is 0.497 e. The van der Waals surface area contributed by atoms with Gasteiger partial charge in [0.15, 0.2) is 5.96 Å². The van der Waals surface area contributed by atoms with Gasteiger partial charge in [0.2, 0.25) is 11.7 Å². The summed E-state index contributed by atoms with van der Waals surface area (Å²) in [6.45, 7) is 6.72. The van der Waals surface area contributed by atoms with Crippen LogP contribution in [0.15, 0.2) is 33.8 Å². The van der Waals surface area contributed by atoms with Crippen molar-refractivity contribution in [2.24, 2.45) is 10.9 Å². The number of halogens is 1. The second-order valence-electron chi connectivity index (χ2n) is 7.84. The molecule has 8 nitrogen and oxygen atoms in total. The molecule has 1 aromatic carbocycles. The standard InChI is InChI=1S/C23H35N5O3.HI/c1-4-24-23(28-15-13-18(16-28)17-29-2)25-14-7-5-6-8-21-26-22(27-31-21)19-9-11-20(30-3)12-10-19;/h9-12,18H,4-8,13-17H2,1-3H3,(H,24,25);1H. The maximum absolute atomic E-state index is 5.40. The fraction of sp³-hybridized carbons (Fsp3) is 0.609. The van der Waals surface area contributed by atoms with Crippen LogP contribution in [0.5, 0.6) is 5.75 Å². The third-order valence-electron chi connectivity index (χ3n) is 5.45. The molecule has 1 unspecified atom stereocenters. The summed E-state index contributed by atoms with van der Waals surface area (Å²) in [6.07, 6.45) is 5.09. The first-order valence-corrected chi connectivity index (χ1v) is 11.2. The van der Waals surface area contributed by atoms with Crippen LogP contribution in [0.1, 0.15) is 38.5 Å². The number of rotatable bonds is 11. The summed E-state index contributed by atoms with van der Waals surface area (Å²) >= 11 is 0. The maximum atomic E-state index is 5.40. The molecule has 178 valence electrons. The summed E-state index contributed by atoms with van der Waals surface area (Å²) in [4.78, 5) is 11.7. The second kappa shape index (κ2) is 14.3. The highest BCUT2D eigenvalue weighted by Crippen LogP contribution is 2.20. The molecule has 32 heavy (non-hydrogen) atoms. The van der Waals surface area contributed by atoms with Crippen molar-refractivity contribution >= 4 is 29.9 Å². The van der Waals surface area contributed by atoms with Crippen molar-refractivity contribution in [3.8, 4) is 17.1 Å². The first kappa shape index (κ1) is 26.4. The van der Waals surface area contributed by atoms with Gasteiger partial charge in [0, 0.05) is 51.2 Å². The minimum atomic E-state index is 0. The van der Waals surface area contributed by atoms with Gasteiger partial charge in [-0.25, -0.2) is 0 Å². The van der Waals surface area contributed by atoms with Gasteiger partial charge in [-0.15, -0.1) is 24.0 Å². The molecule has 0 saturated carbocycles. The van der Waals surface area contributed by atoms with Crippen molar-refractivity contribution in [2.45, 2.75) is 39.0 Å². The fourth-order valence-corrected chi connectivity index (χ4v) is 3.79. The summed E-state index contributed by atoms with van der Waals surface area (Å²) in [5.41, 5.74) is 0.927. The molecule has 2 aromatic rings. The highest BCUT2D eigenvalue weighted by atomic mass is 127. The smallest absolute Gasteiger partial charge is 0.226 e. The van der Waals surface area contributed by atoms with Crippen LogP contribution >= 0.6 is 24.0 Å². The van der Waals surface area contributed by atoms with Crippen LogP contribution in [0.25, 0.3) is 11.4 Å². The van der Waals surface area contributed by atoms with Crippen molar-refractivity contribution in [3.05, 3.63) is 30.2 Å². The van der Waals surface area contributed by atoms with Crippen LogP contribution in [-0.4, -0.2) is 68.0 Å². The molecule has 9 heteroatoms. The summed E-state index contributed by atoms with van der Waals surface area (Å²) in [6, 6.07) is 7.66. The third-order valence-corrected chi connectivity index (χ3v) is 5.45. The number of guanidine groups is 1. The fourth-order valence-electron chi connectivity index (χ4n) is 3.79. The predicted molar refractivity (Wildman–Crippen MR) is 137 cm³/mol. The van der Waals surface area contributed by atoms with E-state index in [-0.39, 0.29) is 24.0 Å². The molecule has 0 aliphatic carbocycles. The lowest BCUT2D eigenvalue weighted by Gasteiger charge is -2.21. The number of likely N-dealkylation sites (tertiary alicyclic amines) is 1. The Morgan fingerprint density at radius 1 is 1.22 bits per heavy atom. The molecule has 1 fully saturated rings. The van der Waals surface area contributed by atoms with E-state index in [1.165, 1.54) is 6.42 Å². The number of unbranched alkanes of at least 4 members (excludes halogenated alkanes) is 2. The van der Waals surface area contributed by atoms with Gasteiger partial charge in [0.1, 0.15) is 5.75 Å². The number of aromatic nitrogens is 2. The van der Waals surface area contributed by atoms with Crippen molar-refractivity contribution in [2.75, 3.05) is 47.0 Å². The van der Waals surface area contributed by atoms with E-state index in [1.807, 2.05) is 24.3 Å². The van der Waals surface area contributed by atoms with Crippen LogP contribution in [0.4, 0.5) is 0 Å². The van der Waals surface area contributed by atoms with Gasteiger partial charge in [-0.05, 0) is 50.5 Å². The molecule has 3 rings (SSSR count). The van der Waals surface area contributed by atoms with E-state index in [0.717, 1.165) is 75.7 Å². The zero-order valence-corrected chi connectivity index (χ0v) is 21.7. The van der Waals surface area contributed by atoms with Crippen LogP contribution < -0.4 is 10.1 Å². The number of benzene rings is 1. The molecule has 0 spiro atoms. The summed E-state index contributed by atoms with van der Waals surface area (Å²) in [5.74, 6) is 3.75. The zero-order chi connectivity index (χ0) is 21.9. The first-order chi connectivity index (χ1) is 15.2. The first-order valence-electron chi connectivity index (χ1n) is 11.2. The van der Waals surface area contributed by atoms with Crippen LogP contribution in [-0.2, 0) is 11.2 Å². The number of methoxy groups -OCH3 is 2. The van der Waals surface area contributed by atoms with Gasteiger partial charge in [0.05, 0.1) is 13.7 Å². The molecule has 1 aromatic heterocycles. The molecular formula is C23H36IN5O3. The van der Waals surface area contributed by atoms with Crippen molar-refractivity contribution < 1.29 is 14.0 Å². The number of nitrogens with one attached hydrogen (secondary N) is 1. The lowest BCUT2D eigenvalue weighted by molar-refractivity contribution is 0.157. The van der Waals surface area contributed by atoms with Gasteiger partial charge in [-0.3, -0.25) is 4.99 Å². The average molecular weight is 557 g/mol. The molecular weight excluding hydrogens is 521 g/mol. The van der Waals surface area contributed by atoms with Gasteiger partial charge in [-0.2, -0.15) is 4.98 Å². The molecule has 0 bridgehead atoms. The zero-order valence-electron chi connectivity index (χ0n) is 19.4. The Kier molecular flexibility index (Phi) is 11.8. The number of nitrogens with zero attached hydrogens (tertiary/aromatic N) is 4. The monoisotopic (exact) mass is 557 g/mol. The molecule has 1 N–H and O–H groups in total. The Bertz CT molecular complexity index is 812. The van der Waals surface area contributed by atoms with Crippen molar-refractivity contribution in [3.63, 3.8) is 0 Å². The van der Waals surface area contributed by atoms with E-state index in [4.69, 9.17) is 19.0 Å². The van der Waals surface area contributed by atoms with Gasteiger partial charge in [0.25, 0.3) is 0 Å². The number of aryl methyl sites for hydroxylation is 1. The van der Waals surface area contributed by atoms with E-state index < -0.39 is 0 Å². The Morgan fingerprint density at radius 2 is 2.03 bits per heavy atom. The van der Waals surface area contributed by atoms with Crippen LogP contribution in [0.2, 0.25) is 0 Å². The van der Waals surface area contributed by atoms with E-state index in [9.17, 15) is 0 Å². The van der Waals surface area contributed by atoms with E-state index in [0.29, 0.717) is 17.6 Å². The van der Waals surface area contributed by atoms with Crippen molar-refractivity contribution in [1.82, 2.24) is 20.4 Å². The average Bonchev–Trinajstić information content (AvgIpc) is 3.46. The topological polar surface area (TPSA) is 85.0 Å². The molecule has 1 aliphatic heterocycles. The molecule has 0 radical (unpaired) electrons. The Balaban J connectivity index is 0.00000363. The van der Waals surface area contributed by atoms with Crippen molar-refractivity contribution in [1.29, 1.82) is 0 Å². The van der Waals surface area contributed by atoms with Gasteiger partial charge < -0.3 is 24.2 Å². The van der Waals surface area contributed by atoms with Crippen LogP contribution in [0, 0.1) is 5.92 Å². The Labute approximate surface area is 208 Å². The van der Waals surface area contributed by atoms with Crippen LogP contribution in [0.3, 0.4) is 0 Å². The quantitative estimate of drug-likeness (QED) is 0.194. The Hall–Kier alpha value is -1.88. The molecule has 1 aliphatic rings. The molecule has 0 amide bonds. The summed E-state index contributed by atoms with van der Waals surface area (Å²) in [5, 5.41) is 7.52. The summed E-state index contributed by atoms with van der Waals surface area (Å²) < 4.78 is 15.9. The van der Waals surface area contributed by atoms with Gasteiger partial charge >= 0.3 is 0 Å². The SMILES string of the molecule is CCNC(=NCCCCCc1nc(-c2ccc(OC)cc2)no1)N1CCC(COC)C1.I. The van der Waals surface area contributed by atoms with E-state index in [1.54, 1.807) is 14.2 Å². The lowest BCUT2D eigenvalue weighted by atomic mass is 10.1. The molecule has 2 heterocycles.